The average Bonchev–Trinajstić information content (AvgIpc) is 3.10. The third-order valence-electron chi connectivity index (χ3n) is 4.43. The highest BCUT2D eigenvalue weighted by Crippen LogP contribution is 2.38. The number of carbonyl (C=O) groups is 1. The Bertz CT molecular complexity index is 1190. The van der Waals surface area contributed by atoms with Crippen molar-refractivity contribution >= 4 is 37.9 Å². The summed E-state index contributed by atoms with van der Waals surface area (Å²) in [4.78, 5) is 16.4. The van der Waals surface area contributed by atoms with Crippen molar-refractivity contribution in [2.24, 2.45) is 5.73 Å². The molecule has 0 saturated carbocycles. The van der Waals surface area contributed by atoms with Gasteiger partial charge in [0.1, 0.15) is 16.6 Å². The summed E-state index contributed by atoms with van der Waals surface area (Å²) in [5.41, 5.74) is 6.35. The Kier molecular flexibility index (Phi) is 6.20. The first-order valence-electron chi connectivity index (χ1n) is 8.94. The van der Waals surface area contributed by atoms with E-state index in [9.17, 15) is 22.7 Å². The van der Waals surface area contributed by atoms with E-state index in [1.54, 1.807) is 19.1 Å². The van der Waals surface area contributed by atoms with Crippen LogP contribution in [0.2, 0.25) is 0 Å². The number of amides is 1. The van der Waals surface area contributed by atoms with Gasteiger partial charge in [-0.2, -0.15) is 0 Å². The molecule has 2 aromatic heterocycles. The van der Waals surface area contributed by atoms with Crippen LogP contribution in [0.25, 0.3) is 10.4 Å². The molecular weight excluding hydrogens is 429 g/mol. The van der Waals surface area contributed by atoms with E-state index >= 15 is 0 Å². The normalized spacial score (nSPS) is 12.5. The molecular formula is C20H20FN3O4S2. The maximum atomic E-state index is 14.6. The highest BCUT2D eigenvalue weighted by molar-refractivity contribution is 7.90. The lowest BCUT2D eigenvalue weighted by molar-refractivity contribution is 0.100. The van der Waals surface area contributed by atoms with Gasteiger partial charge in [-0.3, -0.25) is 4.79 Å². The lowest BCUT2D eigenvalue weighted by Crippen LogP contribution is -2.11. The number of hydrogen-bond acceptors (Lipinski definition) is 7. The molecule has 1 unspecified atom stereocenters. The molecule has 0 aliphatic rings. The number of sulfone groups is 1. The second-order valence-electron chi connectivity index (χ2n) is 6.66. The maximum Gasteiger partial charge on any atom is 0.251 e. The molecule has 1 aromatic carbocycles. The molecule has 1 amide bonds. The first-order valence-corrected chi connectivity index (χ1v) is 11.7. The average molecular weight is 450 g/mol. The number of nitrogens with one attached hydrogen (secondary N) is 1. The Morgan fingerprint density at radius 3 is 2.57 bits per heavy atom. The van der Waals surface area contributed by atoms with Gasteiger partial charge in [-0.05, 0) is 36.2 Å². The molecule has 0 aliphatic carbocycles. The predicted molar refractivity (Wildman–Crippen MR) is 114 cm³/mol. The number of aliphatic hydroxyl groups is 1. The number of aromatic nitrogens is 1. The molecule has 4 N–H and O–H groups in total. The van der Waals surface area contributed by atoms with Gasteiger partial charge in [-0.25, -0.2) is 17.8 Å². The van der Waals surface area contributed by atoms with Crippen molar-refractivity contribution in [1.29, 1.82) is 0 Å². The van der Waals surface area contributed by atoms with Crippen LogP contribution in [0.5, 0.6) is 0 Å². The van der Waals surface area contributed by atoms with Gasteiger partial charge in [0.15, 0.2) is 9.84 Å². The minimum absolute atomic E-state index is 0.0615. The molecule has 7 nitrogen and oxygen atoms in total. The van der Waals surface area contributed by atoms with Crippen LogP contribution in [0, 0.1) is 5.82 Å². The van der Waals surface area contributed by atoms with E-state index < -0.39 is 27.7 Å². The van der Waals surface area contributed by atoms with Crippen LogP contribution in [0.4, 0.5) is 15.2 Å². The summed E-state index contributed by atoms with van der Waals surface area (Å²) in [6, 6.07) is 8.78. The van der Waals surface area contributed by atoms with Crippen LogP contribution >= 0.6 is 11.3 Å². The second kappa shape index (κ2) is 8.50. The maximum absolute atomic E-state index is 14.6. The van der Waals surface area contributed by atoms with E-state index in [1.165, 1.54) is 30.5 Å². The van der Waals surface area contributed by atoms with E-state index in [0.29, 0.717) is 27.7 Å². The number of pyridine rings is 1. The fourth-order valence-electron chi connectivity index (χ4n) is 2.76. The number of nitrogens with two attached hydrogens (primary N) is 1. The van der Waals surface area contributed by atoms with Crippen LogP contribution in [0.3, 0.4) is 0 Å². The smallest absolute Gasteiger partial charge is 0.251 e. The summed E-state index contributed by atoms with van der Waals surface area (Å²) in [6.07, 6.45) is 1.99. The standard InChI is InChI=1S/C20H20FN3O4S2/c1-3-16(25)11-4-6-13(15(21)8-11)17-9-14(19(22)26)20(29-17)24-18-7-5-12(10-23-18)30(2,27)28/h4-10,16,25H,3H2,1-2H3,(H2,22,26)(H,23,24). The van der Waals surface area contributed by atoms with Gasteiger partial charge in [0.2, 0.25) is 0 Å². The van der Waals surface area contributed by atoms with Gasteiger partial charge in [0.05, 0.1) is 16.6 Å². The first-order chi connectivity index (χ1) is 14.1. The third-order valence-corrected chi connectivity index (χ3v) is 6.62. The van der Waals surface area contributed by atoms with Crippen molar-refractivity contribution in [3.63, 3.8) is 0 Å². The molecule has 0 radical (unpaired) electrons. The third kappa shape index (κ3) is 4.66. The van der Waals surface area contributed by atoms with Crippen LogP contribution < -0.4 is 11.1 Å². The van der Waals surface area contributed by atoms with Crippen molar-refractivity contribution in [2.75, 3.05) is 11.6 Å². The molecule has 0 bridgehead atoms. The Morgan fingerprint density at radius 1 is 1.30 bits per heavy atom. The van der Waals surface area contributed by atoms with Gasteiger partial charge >= 0.3 is 0 Å². The molecule has 3 rings (SSSR count). The Balaban J connectivity index is 1.95. The Morgan fingerprint density at radius 2 is 2.03 bits per heavy atom. The quantitative estimate of drug-likeness (QED) is 0.506. The zero-order valence-corrected chi connectivity index (χ0v) is 17.8. The number of carbonyl (C=O) groups excluding carboxylic acids is 1. The SMILES string of the molecule is CCC(O)c1ccc(-c2cc(C(N)=O)c(Nc3ccc(S(C)(=O)=O)cn3)s2)c(F)c1. The lowest BCUT2D eigenvalue weighted by Gasteiger charge is -2.09. The molecule has 3 aromatic rings. The number of rotatable bonds is 7. The number of thiophene rings is 1. The van der Waals surface area contributed by atoms with E-state index in [0.717, 1.165) is 17.6 Å². The fraction of sp³-hybridized carbons (Fsp3) is 0.200. The number of hydrogen-bond donors (Lipinski definition) is 3. The molecule has 0 saturated heterocycles. The van der Waals surface area contributed by atoms with Crippen molar-refractivity contribution < 1.29 is 22.7 Å². The number of aliphatic hydroxyl groups excluding tert-OH is 1. The molecule has 1 atom stereocenters. The molecule has 2 heterocycles. The van der Waals surface area contributed by atoms with E-state index in [4.69, 9.17) is 5.73 Å². The lowest BCUT2D eigenvalue weighted by atomic mass is 10.0. The Labute approximate surface area is 177 Å². The number of primary amides is 1. The highest BCUT2D eigenvalue weighted by Gasteiger charge is 2.19. The van der Waals surface area contributed by atoms with Crippen molar-refractivity contribution in [2.45, 2.75) is 24.3 Å². The fourth-order valence-corrected chi connectivity index (χ4v) is 4.42. The number of halogens is 1. The molecule has 10 heteroatoms. The van der Waals surface area contributed by atoms with Crippen LogP contribution in [0.15, 0.2) is 47.5 Å². The summed E-state index contributed by atoms with van der Waals surface area (Å²) >= 11 is 1.11. The number of benzene rings is 1. The van der Waals surface area contributed by atoms with Gasteiger partial charge in [-0.15, -0.1) is 11.3 Å². The molecule has 30 heavy (non-hydrogen) atoms. The largest absolute Gasteiger partial charge is 0.388 e. The zero-order valence-electron chi connectivity index (χ0n) is 16.2. The van der Waals surface area contributed by atoms with Gasteiger partial charge in [0, 0.05) is 22.9 Å². The highest BCUT2D eigenvalue weighted by atomic mass is 32.2. The van der Waals surface area contributed by atoms with Crippen molar-refractivity contribution in [3.05, 3.63) is 59.5 Å². The number of nitrogens with zero attached hydrogens (tertiary/aromatic N) is 1. The van der Waals surface area contributed by atoms with E-state index in [-0.39, 0.29) is 16.0 Å². The van der Waals surface area contributed by atoms with Crippen molar-refractivity contribution in [1.82, 2.24) is 4.98 Å². The summed E-state index contributed by atoms with van der Waals surface area (Å²) in [7, 11) is -3.38. The zero-order chi connectivity index (χ0) is 22.1. The summed E-state index contributed by atoms with van der Waals surface area (Å²) in [5, 5.41) is 13.2. The topological polar surface area (TPSA) is 122 Å². The van der Waals surface area contributed by atoms with E-state index in [1.807, 2.05) is 0 Å². The second-order valence-corrected chi connectivity index (χ2v) is 9.73. The van der Waals surface area contributed by atoms with Crippen LogP contribution in [-0.2, 0) is 9.84 Å². The molecule has 0 aliphatic heterocycles. The predicted octanol–water partition coefficient (Wildman–Crippen LogP) is 3.64. The molecule has 0 fully saturated rings. The van der Waals surface area contributed by atoms with Crippen molar-refractivity contribution in [3.8, 4) is 10.4 Å². The number of anilines is 2. The van der Waals surface area contributed by atoms with Crippen LogP contribution in [0.1, 0.15) is 35.4 Å². The minimum Gasteiger partial charge on any atom is -0.388 e. The monoisotopic (exact) mass is 449 g/mol. The molecule has 158 valence electrons. The van der Waals surface area contributed by atoms with Gasteiger partial charge in [-0.1, -0.05) is 19.1 Å². The molecule has 0 spiro atoms. The van der Waals surface area contributed by atoms with Gasteiger partial charge in [0.25, 0.3) is 5.91 Å². The van der Waals surface area contributed by atoms with Crippen LogP contribution in [-0.4, -0.2) is 30.7 Å². The summed E-state index contributed by atoms with van der Waals surface area (Å²) in [6.45, 7) is 1.79. The minimum atomic E-state index is -3.38. The van der Waals surface area contributed by atoms with E-state index in [2.05, 4.69) is 10.3 Å². The summed E-state index contributed by atoms with van der Waals surface area (Å²) in [5.74, 6) is -0.925. The Hall–Kier alpha value is -2.82. The summed E-state index contributed by atoms with van der Waals surface area (Å²) < 4.78 is 37.8. The van der Waals surface area contributed by atoms with Gasteiger partial charge < -0.3 is 16.2 Å². The first kappa shape index (κ1) is 21.9.